The van der Waals surface area contributed by atoms with E-state index >= 15 is 0 Å². The van der Waals surface area contributed by atoms with Gasteiger partial charge in [0.1, 0.15) is 11.9 Å². The number of hydrogen-bond donors (Lipinski definition) is 1. The van der Waals surface area contributed by atoms with Crippen molar-refractivity contribution >= 4 is 11.9 Å². The third kappa shape index (κ3) is 4.03. The number of aromatic nitrogens is 1. The van der Waals surface area contributed by atoms with Crippen LogP contribution < -0.4 is 10.1 Å². The predicted molar refractivity (Wildman–Crippen MR) is 113 cm³/mol. The molecule has 3 aromatic rings. The van der Waals surface area contributed by atoms with E-state index in [1.807, 2.05) is 31.2 Å². The van der Waals surface area contributed by atoms with E-state index in [2.05, 4.69) is 16.4 Å². The van der Waals surface area contributed by atoms with Crippen molar-refractivity contribution in [2.24, 2.45) is 0 Å². The highest BCUT2D eigenvalue weighted by Crippen LogP contribution is 2.33. The standard InChI is InChI=1S/C24H22N2O4/c1-15-5-4-10-25-22(15)16-8-9-21-19(11-16)13-20(30-21)14-26-23(27)17-6-3-7-18(12-17)24(28)29-2/h3-12,20H,13-14H2,1-2H3,(H,26,27)/t20-/m0/s1. The summed E-state index contributed by atoms with van der Waals surface area (Å²) in [5.41, 5.74) is 4.98. The molecule has 1 atom stereocenters. The molecule has 2 heterocycles. The lowest BCUT2D eigenvalue weighted by molar-refractivity contribution is 0.0600. The third-order valence-corrected chi connectivity index (χ3v) is 5.12. The number of nitrogens with zero attached hydrogens (tertiary/aromatic N) is 1. The minimum atomic E-state index is -0.474. The van der Waals surface area contributed by atoms with Crippen LogP contribution in [0.25, 0.3) is 11.3 Å². The summed E-state index contributed by atoms with van der Waals surface area (Å²) in [5, 5.41) is 2.89. The van der Waals surface area contributed by atoms with Gasteiger partial charge in [0.25, 0.3) is 5.91 Å². The number of methoxy groups -OCH3 is 1. The molecular formula is C24H22N2O4. The molecule has 6 nitrogen and oxygen atoms in total. The van der Waals surface area contributed by atoms with E-state index in [0.717, 1.165) is 28.1 Å². The Hall–Kier alpha value is -3.67. The topological polar surface area (TPSA) is 77.5 Å². The van der Waals surface area contributed by atoms with Gasteiger partial charge in [0.2, 0.25) is 0 Å². The van der Waals surface area contributed by atoms with Crippen molar-refractivity contribution in [3.05, 3.63) is 83.0 Å². The van der Waals surface area contributed by atoms with Crippen molar-refractivity contribution in [2.75, 3.05) is 13.7 Å². The molecule has 0 unspecified atom stereocenters. The number of amides is 1. The van der Waals surface area contributed by atoms with Gasteiger partial charge in [-0.1, -0.05) is 12.1 Å². The molecule has 1 N–H and O–H groups in total. The van der Waals surface area contributed by atoms with Crippen LogP contribution in [0, 0.1) is 6.92 Å². The van der Waals surface area contributed by atoms with Crippen LogP contribution >= 0.6 is 0 Å². The first-order valence-corrected chi connectivity index (χ1v) is 9.73. The van der Waals surface area contributed by atoms with Crippen molar-refractivity contribution in [3.8, 4) is 17.0 Å². The lowest BCUT2D eigenvalue weighted by atomic mass is 10.0. The molecule has 0 aliphatic carbocycles. The highest BCUT2D eigenvalue weighted by molar-refractivity contribution is 5.97. The zero-order chi connectivity index (χ0) is 21.1. The lowest BCUT2D eigenvalue weighted by Gasteiger charge is -2.12. The summed E-state index contributed by atoms with van der Waals surface area (Å²) < 4.78 is 10.7. The molecule has 0 saturated carbocycles. The minimum Gasteiger partial charge on any atom is -0.488 e. The number of pyridine rings is 1. The zero-order valence-electron chi connectivity index (χ0n) is 16.8. The Morgan fingerprint density at radius 2 is 1.97 bits per heavy atom. The number of hydrogen-bond acceptors (Lipinski definition) is 5. The van der Waals surface area contributed by atoms with Crippen LogP contribution in [0.3, 0.4) is 0 Å². The highest BCUT2D eigenvalue weighted by atomic mass is 16.5. The van der Waals surface area contributed by atoms with Crippen LogP contribution in [0.1, 0.15) is 31.8 Å². The molecule has 1 amide bonds. The van der Waals surface area contributed by atoms with Gasteiger partial charge >= 0.3 is 5.97 Å². The van der Waals surface area contributed by atoms with Gasteiger partial charge in [0, 0.05) is 23.7 Å². The number of aryl methyl sites for hydroxylation is 1. The largest absolute Gasteiger partial charge is 0.488 e. The van der Waals surface area contributed by atoms with E-state index < -0.39 is 5.97 Å². The Morgan fingerprint density at radius 1 is 1.13 bits per heavy atom. The maximum absolute atomic E-state index is 12.5. The van der Waals surface area contributed by atoms with Gasteiger partial charge in [-0.2, -0.15) is 0 Å². The summed E-state index contributed by atoms with van der Waals surface area (Å²) in [6.45, 7) is 2.41. The molecule has 1 aliphatic rings. The summed E-state index contributed by atoms with van der Waals surface area (Å²) in [7, 11) is 1.31. The quantitative estimate of drug-likeness (QED) is 0.660. The van der Waals surface area contributed by atoms with E-state index in [0.29, 0.717) is 24.1 Å². The molecule has 4 rings (SSSR count). The Morgan fingerprint density at radius 3 is 2.77 bits per heavy atom. The molecule has 0 spiro atoms. The van der Waals surface area contributed by atoms with Crippen molar-refractivity contribution in [1.29, 1.82) is 0 Å². The Balaban J connectivity index is 1.40. The minimum absolute atomic E-state index is 0.146. The first-order chi connectivity index (χ1) is 14.5. The second kappa shape index (κ2) is 8.37. The molecule has 152 valence electrons. The number of benzene rings is 2. The van der Waals surface area contributed by atoms with Gasteiger partial charge < -0.3 is 14.8 Å². The van der Waals surface area contributed by atoms with Gasteiger partial charge in [0.05, 0.1) is 24.9 Å². The molecule has 1 aliphatic heterocycles. The van der Waals surface area contributed by atoms with Crippen LogP contribution in [-0.4, -0.2) is 36.6 Å². The maximum atomic E-state index is 12.5. The van der Waals surface area contributed by atoms with E-state index in [1.54, 1.807) is 24.4 Å². The van der Waals surface area contributed by atoms with Gasteiger partial charge in [-0.05, 0) is 60.5 Å². The Labute approximate surface area is 174 Å². The molecule has 1 aromatic heterocycles. The van der Waals surface area contributed by atoms with Crippen LogP contribution in [0.2, 0.25) is 0 Å². The number of rotatable bonds is 5. The van der Waals surface area contributed by atoms with Gasteiger partial charge in [0.15, 0.2) is 0 Å². The second-order valence-electron chi connectivity index (χ2n) is 7.22. The fourth-order valence-corrected chi connectivity index (χ4v) is 3.58. The van der Waals surface area contributed by atoms with E-state index in [4.69, 9.17) is 9.47 Å². The molecule has 30 heavy (non-hydrogen) atoms. The van der Waals surface area contributed by atoms with Gasteiger partial charge in [-0.25, -0.2) is 4.79 Å². The molecule has 2 aromatic carbocycles. The van der Waals surface area contributed by atoms with Crippen LogP contribution in [-0.2, 0) is 11.2 Å². The van der Waals surface area contributed by atoms with E-state index in [9.17, 15) is 9.59 Å². The lowest BCUT2D eigenvalue weighted by Crippen LogP contribution is -2.34. The van der Waals surface area contributed by atoms with Gasteiger partial charge in [-0.3, -0.25) is 9.78 Å². The average Bonchev–Trinajstić information content (AvgIpc) is 3.19. The third-order valence-electron chi connectivity index (χ3n) is 5.12. The molecule has 0 radical (unpaired) electrons. The van der Waals surface area contributed by atoms with Crippen LogP contribution in [0.5, 0.6) is 5.75 Å². The summed E-state index contributed by atoms with van der Waals surface area (Å²) in [5.74, 6) is 0.0996. The Kier molecular flexibility index (Phi) is 5.48. The van der Waals surface area contributed by atoms with Crippen LogP contribution in [0.15, 0.2) is 60.8 Å². The van der Waals surface area contributed by atoms with Crippen molar-refractivity contribution in [2.45, 2.75) is 19.4 Å². The first kappa shape index (κ1) is 19.6. The summed E-state index contributed by atoms with van der Waals surface area (Å²) in [4.78, 5) is 28.6. The van der Waals surface area contributed by atoms with Crippen molar-refractivity contribution < 1.29 is 19.1 Å². The molecular weight excluding hydrogens is 380 g/mol. The molecule has 0 saturated heterocycles. The SMILES string of the molecule is COC(=O)c1cccc(C(=O)NC[C@@H]2Cc3cc(-c4ncccc4C)ccc3O2)c1. The zero-order valence-corrected chi connectivity index (χ0v) is 16.8. The average molecular weight is 402 g/mol. The number of ether oxygens (including phenoxy) is 2. The maximum Gasteiger partial charge on any atom is 0.337 e. The normalized spacial score (nSPS) is 14.5. The fourth-order valence-electron chi connectivity index (χ4n) is 3.58. The first-order valence-electron chi connectivity index (χ1n) is 9.73. The van der Waals surface area contributed by atoms with Crippen LogP contribution in [0.4, 0.5) is 0 Å². The highest BCUT2D eigenvalue weighted by Gasteiger charge is 2.24. The summed E-state index contributed by atoms with van der Waals surface area (Å²) in [6.07, 6.45) is 2.35. The summed E-state index contributed by atoms with van der Waals surface area (Å²) in [6, 6.07) is 16.5. The fraction of sp³-hybridized carbons (Fsp3) is 0.208. The Bertz CT molecular complexity index is 1110. The smallest absolute Gasteiger partial charge is 0.337 e. The van der Waals surface area contributed by atoms with E-state index in [1.165, 1.54) is 13.2 Å². The molecule has 0 bridgehead atoms. The number of carbonyl (C=O) groups is 2. The number of fused-ring (bicyclic) bond motifs is 1. The molecule has 6 heteroatoms. The predicted octanol–water partition coefficient (Wildman–Crippen LogP) is 3.58. The summed E-state index contributed by atoms with van der Waals surface area (Å²) >= 11 is 0. The van der Waals surface area contributed by atoms with Crippen molar-refractivity contribution in [3.63, 3.8) is 0 Å². The number of carbonyl (C=O) groups excluding carboxylic acids is 2. The van der Waals surface area contributed by atoms with Gasteiger partial charge in [-0.15, -0.1) is 0 Å². The van der Waals surface area contributed by atoms with E-state index in [-0.39, 0.29) is 12.0 Å². The second-order valence-corrected chi connectivity index (χ2v) is 7.22. The van der Waals surface area contributed by atoms with Crippen molar-refractivity contribution in [1.82, 2.24) is 10.3 Å². The monoisotopic (exact) mass is 402 g/mol. The number of esters is 1. The number of nitrogens with one attached hydrogen (secondary N) is 1. The molecule has 0 fully saturated rings.